The summed E-state index contributed by atoms with van der Waals surface area (Å²) in [7, 11) is 0. The Bertz CT molecular complexity index is 315. The van der Waals surface area contributed by atoms with Crippen LogP contribution in [0.1, 0.15) is 26.0 Å². The summed E-state index contributed by atoms with van der Waals surface area (Å²) in [6, 6.07) is 3.42. The van der Waals surface area contributed by atoms with Crippen molar-refractivity contribution >= 4 is 17.4 Å². The molecule has 15 heavy (non-hydrogen) atoms. The van der Waals surface area contributed by atoms with E-state index in [1.54, 1.807) is 12.1 Å². The number of halogens is 1. The highest BCUT2D eigenvalue weighted by atomic mass is 35.5. The molecule has 0 amide bonds. The minimum Gasteiger partial charge on any atom is -0.384 e. The fourth-order valence-corrected chi connectivity index (χ4v) is 1.25. The number of anilines is 1. The van der Waals surface area contributed by atoms with E-state index in [0.717, 1.165) is 13.0 Å². The van der Waals surface area contributed by atoms with E-state index < -0.39 is 0 Å². The van der Waals surface area contributed by atoms with E-state index in [4.69, 9.17) is 22.1 Å². The molecular weight excluding hydrogens is 212 g/mol. The van der Waals surface area contributed by atoms with Crippen molar-refractivity contribution < 1.29 is 4.74 Å². The van der Waals surface area contributed by atoms with Crippen molar-refractivity contribution in [3.8, 4) is 0 Å². The van der Waals surface area contributed by atoms with E-state index in [1.165, 1.54) is 0 Å². The molecular formula is C11H17ClN2O. The van der Waals surface area contributed by atoms with E-state index >= 15 is 0 Å². The highest BCUT2D eigenvalue weighted by molar-refractivity contribution is 6.31. The molecule has 0 aliphatic heterocycles. The lowest BCUT2D eigenvalue weighted by Gasteiger charge is -2.07. The van der Waals surface area contributed by atoms with Crippen LogP contribution in [-0.4, -0.2) is 11.6 Å². The van der Waals surface area contributed by atoms with Crippen LogP contribution in [0, 0.1) is 5.92 Å². The second-order valence-electron chi connectivity index (χ2n) is 3.90. The largest absolute Gasteiger partial charge is 0.384 e. The fraction of sp³-hybridized carbons (Fsp3) is 0.545. The van der Waals surface area contributed by atoms with Gasteiger partial charge in [0.1, 0.15) is 5.82 Å². The first kappa shape index (κ1) is 12.3. The maximum atomic E-state index is 5.94. The summed E-state index contributed by atoms with van der Waals surface area (Å²) in [5, 5.41) is 0.605. The molecule has 0 fully saturated rings. The molecule has 0 aromatic carbocycles. The number of hydrogen-bond acceptors (Lipinski definition) is 3. The summed E-state index contributed by atoms with van der Waals surface area (Å²) in [6.07, 6.45) is 1.04. The number of nitrogens with zero attached hydrogens (tertiary/aromatic N) is 1. The first-order chi connectivity index (χ1) is 7.09. The summed E-state index contributed by atoms with van der Waals surface area (Å²) in [5.41, 5.74) is 6.26. The second-order valence-corrected chi connectivity index (χ2v) is 4.31. The number of hydrogen-bond donors (Lipinski definition) is 1. The van der Waals surface area contributed by atoms with Crippen molar-refractivity contribution in [1.82, 2.24) is 4.98 Å². The smallest absolute Gasteiger partial charge is 0.123 e. The molecule has 0 spiro atoms. The zero-order valence-electron chi connectivity index (χ0n) is 9.16. The quantitative estimate of drug-likeness (QED) is 0.789. The second kappa shape index (κ2) is 5.93. The van der Waals surface area contributed by atoms with Crippen LogP contribution in [0.3, 0.4) is 0 Å². The molecule has 0 saturated carbocycles. The molecule has 1 aromatic heterocycles. The number of nitrogen functional groups attached to an aromatic ring is 1. The van der Waals surface area contributed by atoms with Crippen LogP contribution in [0.5, 0.6) is 0 Å². The third-order valence-corrected chi connectivity index (χ3v) is 2.36. The van der Waals surface area contributed by atoms with Gasteiger partial charge in [-0.3, -0.25) is 0 Å². The predicted molar refractivity (Wildman–Crippen MR) is 62.8 cm³/mol. The number of rotatable bonds is 5. The molecule has 0 unspecified atom stereocenters. The number of nitrogens with two attached hydrogens (primary N) is 1. The van der Waals surface area contributed by atoms with Crippen LogP contribution < -0.4 is 5.73 Å². The first-order valence-corrected chi connectivity index (χ1v) is 5.46. The minimum absolute atomic E-state index is 0.427. The van der Waals surface area contributed by atoms with Gasteiger partial charge in [-0.25, -0.2) is 4.98 Å². The van der Waals surface area contributed by atoms with Crippen LogP contribution >= 0.6 is 11.6 Å². The predicted octanol–water partition coefficient (Wildman–Crippen LogP) is 2.88. The van der Waals surface area contributed by atoms with Crippen molar-refractivity contribution in [3.63, 3.8) is 0 Å². The van der Waals surface area contributed by atoms with Gasteiger partial charge in [0, 0.05) is 6.61 Å². The highest BCUT2D eigenvalue weighted by Crippen LogP contribution is 2.16. The molecule has 2 N–H and O–H groups in total. The maximum Gasteiger partial charge on any atom is 0.123 e. The van der Waals surface area contributed by atoms with Gasteiger partial charge in [0.2, 0.25) is 0 Å². The van der Waals surface area contributed by atoms with Gasteiger partial charge in [-0.15, -0.1) is 0 Å². The minimum atomic E-state index is 0.427. The molecule has 84 valence electrons. The monoisotopic (exact) mass is 228 g/mol. The standard InChI is InChI=1S/C11H17ClN2O/c1-8(2)5-6-15-7-10-9(12)3-4-11(13)14-10/h3-4,8H,5-7H2,1-2H3,(H2,13,14). The Morgan fingerprint density at radius 1 is 1.47 bits per heavy atom. The van der Waals surface area contributed by atoms with Gasteiger partial charge in [0.05, 0.1) is 17.3 Å². The molecule has 0 aliphatic carbocycles. The van der Waals surface area contributed by atoms with Crippen LogP contribution in [-0.2, 0) is 11.3 Å². The summed E-state index contributed by atoms with van der Waals surface area (Å²) in [6.45, 7) is 5.48. The van der Waals surface area contributed by atoms with Crippen molar-refractivity contribution in [1.29, 1.82) is 0 Å². The number of aromatic nitrogens is 1. The van der Waals surface area contributed by atoms with Gasteiger partial charge < -0.3 is 10.5 Å². The molecule has 1 aromatic rings. The van der Waals surface area contributed by atoms with Gasteiger partial charge in [0.25, 0.3) is 0 Å². The summed E-state index contributed by atoms with van der Waals surface area (Å²) >= 11 is 5.94. The van der Waals surface area contributed by atoms with E-state index in [2.05, 4.69) is 18.8 Å². The summed E-state index contributed by atoms with van der Waals surface area (Å²) in [4.78, 5) is 4.11. The van der Waals surface area contributed by atoms with E-state index in [0.29, 0.717) is 29.1 Å². The highest BCUT2D eigenvalue weighted by Gasteiger charge is 2.03. The van der Waals surface area contributed by atoms with Crippen molar-refractivity contribution in [2.75, 3.05) is 12.3 Å². The van der Waals surface area contributed by atoms with Crippen molar-refractivity contribution in [3.05, 3.63) is 22.8 Å². The fourth-order valence-electron chi connectivity index (χ4n) is 1.09. The molecule has 1 rings (SSSR count). The Morgan fingerprint density at radius 2 is 2.20 bits per heavy atom. The molecule has 0 bridgehead atoms. The number of ether oxygens (including phenoxy) is 1. The van der Waals surface area contributed by atoms with Gasteiger partial charge >= 0.3 is 0 Å². The Hall–Kier alpha value is -0.800. The van der Waals surface area contributed by atoms with Gasteiger partial charge in [-0.05, 0) is 24.5 Å². The van der Waals surface area contributed by atoms with Gasteiger partial charge in [-0.2, -0.15) is 0 Å². The molecule has 4 heteroatoms. The lowest BCUT2D eigenvalue weighted by atomic mass is 10.1. The maximum absolute atomic E-state index is 5.94. The van der Waals surface area contributed by atoms with Gasteiger partial charge in [0.15, 0.2) is 0 Å². The van der Waals surface area contributed by atoms with Crippen LogP contribution in [0.25, 0.3) is 0 Å². The average Bonchev–Trinajstić information content (AvgIpc) is 2.17. The lowest BCUT2D eigenvalue weighted by Crippen LogP contribution is -2.02. The molecule has 1 heterocycles. The summed E-state index contributed by atoms with van der Waals surface area (Å²) < 4.78 is 5.46. The van der Waals surface area contributed by atoms with Crippen LogP contribution in [0.15, 0.2) is 12.1 Å². The third kappa shape index (κ3) is 4.49. The molecule has 0 radical (unpaired) electrons. The Kier molecular flexibility index (Phi) is 4.85. The van der Waals surface area contributed by atoms with Gasteiger partial charge in [-0.1, -0.05) is 25.4 Å². The first-order valence-electron chi connectivity index (χ1n) is 5.08. The van der Waals surface area contributed by atoms with Crippen LogP contribution in [0.2, 0.25) is 5.02 Å². The third-order valence-electron chi connectivity index (χ3n) is 2.02. The Labute approximate surface area is 95.6 Å². The Morgan fingerprint density at radius 3 is 2.87 bits per heavy atom. The zero-order valence-corrected chi connectivity index (χ0v) is 9.92. The Balaban J connectivity index is 2.40. The molecule has 0 saturated heterocycles. The number of pyridine rings is 1. The zero-order chi connectivity index (χ0) is 11.3. The SMILES string of the molecule is CC(C)CCOCc1nc(N)ccc1Cl. The van der Waals surface area contributed by atoms with Crippen molar-refractivity contribution in [2.24, 2.45) is 5.92 Å². The molecule has 0 aliphatic rings. The van der Waals surface area contributed by atoms with E-state index in [9.17, 15) is 0 Å². The molecule has 0 atom stereocenters. The normalized spacial score (nSPS) is 10.9. The summed E-state index contributed by atoms with van der Waals surface area (Å²) in [5.74, 6) is 1.12. The van der Waals surface area contributed by atoms with Crippen LogP contribution in [0.4, 0.5) is 5.82 Å². The van der Waals surface area contributed by atoms with Crippen molar-refractivity contribution in [2.45, 2.75) is 26.9 Å². The molecule has 3 nitrogen and oxygen atoms in total. The van der Waals surface area contributed by atoms with E-state index in [-0.39, 0.29) is 0 Å². The lowest BCUT2D eigenvalue weighted by molar-refractivity contribution is 0.108. The topological polar surface area (TPSA) is 48.1 Å². The van der Waals surface area contributed by atoms with E-state index in [1.807, 2.05) is 0 Å². The average molecular weight is 229 g/mol.